The number of halogens is 2. The molecule has 0 aliphatic rings. The minimum atomic E-state index is -0.591. The number of benzene rings is 2. The molecule has 0 saturated carbocycles. The Bertz CT molecular complexity index is 837. The van der Waals surface area contributed by atoms with Crippen LogP contribution in [0.3, 0.4) is 0 Å². The van der Waals surface area contributed by atoms with Crippen LogP contribution in [0.4, 0.5) is 0 Å². The van der Waals surface area contributed by atoms with E-state index in [1.165, 1.54) is 0 Å². The number of rotatable bonds is 9. The zero-order valence-corrected chi connectivity index (χ0v) is 18.7. The van der Waals surface area contributed by atoms with Crippen LogP contribution in [0.25, 0.3) is 0 Å². The number of aryl methyl sites for hydroxylation is 1. The predicted octanol–water partition coefficient (Wildman–Crippen LogP) is 5.18. The van der Waals surface area contributed by atoms with Gasteiger partial charge in [0.2, 0.25) is 11.8 Å². The SMILES string of the molecule is CCCCNC(=O)C(C)N(Cc1ccc(C)cc1)C(=O)Cc1ccc(Cl)cc1Cl. The molecule has 156 valence electrons. The van der Waals surface area contributed by atoms with Crippen LogP contribution in [0.2, 0.25) is 10.0 Å². The normalized spacial score (nSPS) is 11.8. The monoisotopic (exact) mass is 434 g/mol. The van der Waals surface area contributed by atoms with Gasteiger partial charge in [0.05, 0.1) is 6.42 Å². The van der Waals surface area contributed by atoms with Gasteiger partial charge in [-0.15, -0.1) is 0 Å². The maximum absolute atomic E-state index is 13.2. The van der Waals surface area contributed by atoms with Gasteiger partial charge < -0.3 is 10.2 Å². The minimum absolute atomic E-state index is 0.106. The van der Waals surface area contributed by atoms with Crippen molar-refractivity contribution in [3.8, 4) is 0 Å². The number of carbonyl (C=O) groups excluding carboxylic acids is 2. The Morgan fingerprint density at radius 3 is 2.41 bits per heavy atom. The quantitative estimate of drug-likeness (QED) is 0.552. The third-order valence-corrected chi connectivity index (χ3v) is 5.41. The van der Waals surface area contributed by atoms with Crippen LogP contribution < -0.4 is 5.32 Å². The zero-order valence-electron chi connectivity index (χ0n) is 17.2. The summed E-state index contributed by atoms with van der Waals surface area (Å²) in [6.45, 7) is 6.80. The molecule has 1 unspecified atom stereocenters. The highest BCUT2D eigenvalue weighted by Crippen LogP contribution is 2.22. The summed E-state index contributed by atoms with van der Waals surface area (Å²) in [6.07, 6.45) is 2.01. The fraction of sp³-hybridized carbons (Fsp3) is 0.391. The Hall–Kier alpha value is -2.04. The summed E-state index contributed by atoms with van der Waals surface area (Å²) >= 11 is 12.2. The van der Waals surface area contributed by atoms with Gasteiger partial charge in [-0.1, -0.05) is 72.4 Å². The van der Waals surface area contributed by atoms with E-state index in [1.807, 2.05) is 31.2 Å². The first-order valence-electron chi connectivity index (χ1n) is 9.88. The molecule has 0 aromatic heterocycles. The first kappa shape index (κ1) is 23.2. The Labute approximate surface area is 183 Å². The number of nitrogens with one attached hydrogen (secondary N) is 1. The highest BCUT2D eigenvalue weighted by molar-refractivity contribution is 6.35. The zero-order chi connectivity index (χ0) is 21.4. The molecule has 0 aliphatic carbocycles. The standard InChI is InChI=1S/C23H28Cl2N2O2/c1-4-5-12-26-23(29)17(3)27(15-18-8-6-16(2)7-9-18)22(28)13-19-10-11-20(24)14-21(19)25/h6-11,14,17H,4-5,12-13,15H2,1-3H3,(H,26,29). The van der Waals surface area contributed by atoms with Crippen molar-refractivity contribution in [2.75, 3.05) is 6.54 Å². The summed E-state index contributed by atoms with van der Waals surface area (Å²) in [4.78, 5) is 27.4. The molecular formula is C23H28Cl2N2O2. The summed E-state index contributed by atoms with van der Waals surface area (Å²) < 4.78 is 0. The van der Waals surface area contributed by atoms with E-state index in [-0.39, 0.29) is 18.2 Å². The third kappa shape index (κ3) is 7.06. The molecule has 0 heterocycles. The fourth-order valence-electron chi connectivity index (χ4n) is 2.94. The fourth-order valence-corrected chi connectivity index (χ4v) is 3.41. The number of unbranched alkanes of at least 4 members (excludes halogenated alkanes) is 1. The van der Waals surface area contributed by atoms with Crippen molar-refractivity contribution in [3.05, 3.63) is 69.2 Å². The van der Waals surface area contributed by atoms with Crippen molar-refractivity contribution in [2.24, 2.45) is 0 Å². The summed E-state index contributed by atoms with van der Waals surface area (Å²) in [5.74, 6) is -0.311. The second-order valence-corrected chi connectivity index (χ2v) is 8.08. The van der Waals surface area contributed by atoms with E-state index in [4.69, 9.17) is 23.2 Å². The van der Waals surface area contributed by atoms with E-state index in [2.05, 4.69) is 12.2 Å². The molecule has 4 nitrogen and oxygen atoms in total. The molecule has 1 atom stereocenters. The lowest BCUT2D eigenvalue weighted by molar-refractivity contribution is -0.140. The minimum Gasteiger partial charge on any atom is -0.354 e. The van der Waals surface area contributed by atoms with Crippen molar-refractivity contribution >= 4 is 35.0 Å². The van der Waals surface area contributed by atoms with Crippen molar-refractivity contribution in [1.82, 2.24) is 10.2 Å². The lowest BCUT2D eigenvalue weighted by atomic mass is 10.1. The van der Waals surface area contributed by atoms with Crippen molar-refractivity contribution < 1.29 is 9.59 Å². The molecule has 2 aromatic rings. The molecular weight excluding hydrogens is 407 g/mol. The largest absolute Gasteiger partial charge is 0.354 e. The molecule has 1 N–H and O–H groups in total. The van der Waals surface area contributed by atoms with Crippen LogP contribution in [0.1, 0.15) is 43.4 Å². The number of hydrogen-bond acceptors (Lipinski definition) is 2. The summed E-state index contributed by atoms with van der Waals surface area (Å²) in [5, 5.41) is 3.89. The molecule has 0 saturated heterocycles. The first-order valence-corrected chi connectivity index (χ1v) is 10.6. The van der Waals surface area contributed by atoms with Crippen LogP contribution in [0.5, 0.6) is 0 Å². The van der Waals surface area contributed by atoms with Crippen LogP contribution >= 0.6 is 23.2 Å². The molecule has 0 aliphatic heterocycles. The second kappa shape index (κ2) is 11.2. The van der Waals surface area contributed by atoms with Gasteiger partial charge >= 0.3 is 0 Å². The van der Waals surface area contributed by atoms with Gasteiger partial charge in [-0.05, 0) is 43.5 Å². The van der Waals surface area contributed by atoms with E-state index in [0.29, 0.717) is 28.7 Å². The average molecular weight is 435 g/mol. The third-order valence-electron chi connectivity index (χ3n) is 4.83. The highest BCUT2D eigenvalue weighted by atomic mass is 35.5. The van der Waals surface area contributed by atoms with E-state index in [0.717, 1.165) is 24.0 Å². The van der Waals surface area contributed by atoms with E-state index in [9.17, 15) is 9.59 Å². The van der Waals surface area contributed by atoms with Gasteiger partial charge in [0.25, 0.3) is 0 Å². The van der Waals surface area contributed by atoms with Crippen molar-refractivity contribution in [3.63, 3.8) is 0 Å². The number of nitrogens with zero attached hydrogens (tertiary/aromatic N) is 1. The predicted molar refractivity (Wildman–Crippen MR) is 119 cm³/mol. The molecule has 2 amide bonds. The molecule has 2 rings (SSSR count). The highest BCUT2D eigenvalue weighted by Gasteiger charge is 2.26. The van der Waals surface area contributed by atoms with Crippen molar-refractivity contribution in [1.29, 1.82) is 0 Å². The van der Waals surface area contributed by atoms with Gasteiger partial charge in [-0.3, -0.25) is 9.59 Å². The number of amides is 2. The van der Waals surface area contributed by atoms with Crippen molar-refractivity contribution in [2.45, 2.75) is 52.6 Å². The van der Waals surface area contributed by atoms with E-state index >= 15 is 0 Å². The Balaban J connectivity index is 2.20. The molecule has 29 heavy (non-hydrogen) atoms. The maximum Gasteiger partial charge on any atom is 0.242 e. The smallest absolute Gasteiger partial charge is 0.242 e. The number of carbonyl (C=O) groups is 2. The van der Waals surface area contributed by atoms with Crippen LogP contribution in [0, 0.1) is 6.92 Å². The molecule has 0 bridgehead atoms. The van der Waals surface area contributed by atoms with Gasteiger partial charge in [0.15, 0.2) is 0 Å². The molecule has 0 fully saturated rings. The van der Waals surface area contributed by atoms with E-state index < -0.39 is 6.04 Å². The summed E-state index contributed by atoms with van der Waals surface area (Å²) in [7, 11) is 0. The Morgan fingerprint density at radius 1 is 1.10 bits per heavy atom. The van der Waals surface area contributed by atoms with E-state index in [1.54, 1.807) is 30.0 Å². The molecule has 0 radical (unpaired) electrons. The van der Waals surface area contributed by atoms with Gasteiger partial charge in [0, 0.05) is 23.1 Å². The molecule has 2 aromatic carbocycles. The lowest BCUT2D eigenvalue weighted by Gasteiger charge is -2.29. The van der Waals surface area contributed by atoms with Gasteiger partial charge in [-0.2, -0.15) is 0 Å². The Morgan fingerprint density at radius 2 is 1.79 bits per heavy atom. The lowest BCUT2D eigenvalue weighted by Crippen LogP contribution is -2.48. The van der Waals surface area contributed by atoms with Crippen LogP contribution in [-0.2, 0) is 22.6 Å². The number of hydrogen-bond donors (Lipinski definition) is 1. The summed E-state index contributed by atoms with van der Waals surface area (Å²) in [5.41, 5.74) is 2.80. The van der Waals surface area contributed by atoms with Gasteiger partial charge in [0.1, 0.15) is 6.04 Å². The topological polar surface area (TPSA) is 49.4 Å². The average Bonchev–Trinajstić information content (AvgIpc) is 2.69. The molecule has 0 spiro atoms. The van der Waals surface area contributed by atoms with Crippen LogP contribution in [-0.4, -0.2) is 29.3 Å². The second-order valence-electron chi connectivity index (χ2n) is 7.24. The van der Waals surface area contributed by atoms with Crippen LogP contribution in [0.15, 0.2) is 42.5 Å². The maximum atomic E-state index is 13.2. The van der Waals surface area contributed by atoms with Gasteiger partial charge in [-0.25, -0.2) is 0 Å². The Kier molecular flexibility index (Phi) is 8.99. The first-order chi connectivity index (χ1) is 13.8. The summed E-state index contributed by atoms with van der Waals surface area (Å²) in [6, 6.07) is 12.4. The molecule has 6 heteroatoms.